The summed E-state index contributed by atoms with van der Waals surface area (Å²) in [7, 11) is 0. The summed E-state index contributed by atoms with van der Waals surface area (Å²) in [6, 6.07) is 16.2. The number of benzene rings is 1. The standard InChI is InChI=1S/C22H19N3O2S/c1-14-20-16(13-17(19-10-6-12-28-19)23-21(20)27-24-14)22(26)25-11-5-9-18(25)15-7-3-2-4-8-15/h2-4,6-8,10,12-13,18H,5,9,11H2,1H3. The Labute approximate surface area is 166 Å². The smallest absolute Gasteiger partial charge is 0.259 e. The van der Waals surface area contributed by atoms with E-state index in [0.29, 0.717) is 22.4 Å². The number of hydrogen-bond acceptors (Lipinski definition) is 5. The van der Waals surface area contributed by atoms with E-state index in [1.807, 2.05) is 53.6 Å². The van der Waals surface area contributed by atoms with Crippen LogP contribution in [0.15, 0.2) is 58.4 Å². The third kappa shape index (κ3) is 2.81. The average Bonchev–Trinajstić information content (AvgIpc) is 3.49. The summed E-state index contributed by atoms with van der Waals surface area (Å²) >= 11 is 1.59. The van der Waals surface area contributed by atoms with Crippen molar-refractivity contribution in [3.63, 3.8) is 0 Å². The fourth-order valence-corrected chi connectivity index (χ4v) is 4.69. The van der Waals surface area contributed by atoms with Gasteiger partial charge in [0.1, 0.15) is 0 Å². The third-order valence-corrected chi connectivity index (χ3v) is 6.21. The van der Waals surface area contributed by atoms with E-state index >= 15 is 0 Å². The second kappa shape index (κ2) is 6.87. The van der Waals surface area contributed by atoms with Gasteiger partial charge in [0.2, 0.25) is 0 Å². The van der Waals surface area contributed by atoms with Crippen LogP contribution in [0.5, 0.6) is 0 Å². The Balaban J connectivity index is 1.61. The van der Waals surface area contributed by atoms with Gasteiger partial charge in [-0.1, -0.05) is 41.6 Å². The van der Waals surface area contributed by atoms with E-state index in [9.17, 15) is 4.79 Å². The maximum absolute atomic E-state index is 13.6. The van der Waals surface area contributed by atoms with Gasteiger partial charge in [0.25, 0.3) is 11.6 Å². The SMILES string of the molecule is Cc1noc2nc(-c3cccs3)cc(C(=O)N3CCCC3c3ccccc3)c12. The van der Waals surface area contributed by atoms with Crippen molar-refractivity contribution in [2.45, 2.75) is 25.8 Å². The monoisotopic (exact) mass is 389 g/mol. The summed E-state index contributed by atoms with van der Waals surface area (Å²) in [5.74, 6) is 0.0165. The lowest BCUT2D eigenvalue weighted by atomic mass is 10.0. The van der Waals surface area contributed by atoms with Gasteiger partial charge in [-0.2, -0.15) is 0 Å². The average molecular weight is 389 g/mol. The maximum Gasteiger partial charge on any atom is 0.259 e. The molecule has 5 rings (SSSR count). The number of hydrogen-bond donors (Lipinski definition) is 0. The largest absolute Gasteiger partial charge is 0.335 e. The van der Waals surface area contributed by atoms with Gasteiger partial charge in [-0.15, -0.1) is 11.3 Å². The van der Waals surface area contributed by atoms with Crippen LogP contribution >= 0.6 is 11.3 Å². The van der Waals surface area contributed by atoms with Crippen LogP contribution in [-0.4, -0.2) is 27.5 Å². The number of pyridine rings is 1. The molecule has 4 aromatic rings. The minimum absolute atomic E-state index is 0.0165. The van der Waals surface area contributed by atoms with E-state index in [1.54, 1.807) is 11.3 Å². The highest BCUT2D eigenvalue weighted by Gasteiger charge is 2.32. The van der Waals surface area contributed by atoms with Crippen molar-refractivity contribution in [2.75, 3.05) is 6.54 Å². The molecule has 1 unspecified atom stereocenters. The Morgan fingerprint density at radius 3 is 2.86 bits per heavy atom. The lowest BCUT2D eigenvalue weighted by molar-refractivity contribution is 0.0737. The van der Waals surface area contributed by atoms with Crippen LogP contribution in [0, 0.1) is 6.92 Å². The highest BCUT2D eigenvalue weighted by atomic mass is 32.1. The van der Waals surface area contributed by atoms with E-state index < -0.39 is 0 Å². The Hall–Kier alpha value is -2.99. The van der Waals surface area contributed by atoms with E-state index in [2.05, 4.69) is 22.3 Å². The highest BCUT2D eigenvalue weighted by Crippen LogP contribution is 2.36. The Kier molecular flexibility index (Phi) is 4.20. The quantitative estimate of drug-likeness (QED) is 0.481. The number of thiophene rings is 1. The van der Waals surface area contributed by atoms with Gasteiger partial charge in [0.05, 0.1) is 33.3 Å². The predicted octanol–water partition coefficient (Wildman–Crippen LogP) is 5.24. The minimum Gasteiger partial charge on any atom is -0.335 e. The number of fused-ring (bicyclic) bond motifs is 1. The molecule has 1 aromatic carbocycles. The molecule has 1 amide bonds. The number of carbonyl (C=O) groups excluding carboxylic acids is 1. The molecule has 0 aliphatic carbocycles. The molecule has 1 atom stereocenters. The molecule has 4 heterocycles. The Morgan fingerprint density at radius 1 is 1.21 bits per heavy atom. The van der Waals surface area contributed by atoms with Gasteiger partial charge in [-0.05, 0) is 42.8 Å². The zero-order chi connectivity index (χ0) is 19.1. The molecule has 3 aromatic heterocycles. The van der Waals surface area contributed by atoms with E-state index in [1.165, 1.54) is 5.56 Å². The number of likely N-dealkylation sites (tertiary alicyclic amines) is 1. The molecular formula is C22H19N3O2S. The van der Waals surface area contributed by atoms with Gasteiger partial charge in [0, 0.05) is 6.54 Å². The predicted molar refractivity (Wildman–Crippen MR) is 109 cm³/mol. The van der Waals surface area contributed by atoms with Crippen molar-refractivity contribution < 1.29 is 9.32 Å². The third-order valence-electron chi connectivity index (χ3n) is 5.32. The molecular weight excluding hydrogens is 370 g/mol. The molecule has 28 heavy (non-hydrogen) atoms. The molecule has 0 spiro atoms. The fourth-order valence-electron chi connectivity index (χ4n) is 4.00. The van der Waals surface area contributed by atoms with Gasteiger partial charge in [-0.25, -0.2) is 4.98 Å². The molecule has 0 N–H and O–H groups in total. The van der Waals surface area contributed by atoms with Crippen LogP contribution in [0.25, 0.3) is 21.7 Å². The molecule has 1 aliphatic heterocycles. The zero-order valence-corrected chi connectivity index (χ0v) is 16.3. The van der Waals surface area contributed by atoms with Crippen LogP contribution in [-0.2, 0) is 0 Å². The minimum atomic E-state index is 0.0165. The first-order valence-corrected chi connectivity index (χ1v) is 10.3. The molecule has 140 valence electrons. The summed E-state index contributed by atoms with van der Waals surface area (Å²) in [5.41, 5.74) is 3.66. The lowest BCUT2D eigenvalue weighted by Gasteiger charge is -2.25. The number of aromatic nitrogens is 2. The summed E-state index contributed by atoms with van der Waals surface area (Å²) in [6.45, 7) is 2.61. The molecule has 1 fully saturated rings. The van der Waals surface area contributed by atoms with Crippen LogP contribution < -0.4 is 0 Å². The van der Waals surface area contributed by atoms with Crippen molar-refractivity contribution in [2.24, 2.45) is 0 Å². The molecule has 5 nitrogen and oxygen atoms in total. The number of rotatable bonds is 3. The van der Waals surface area contributed by atoms with Crippen molar-refractivity contribution in [3.05, 3.63) is 70.7 Å². The number of nitrogens with zero attached hydrogens (tertiary/aromatic N) is 3. The van der Waals surface area contributed by atoms with Crippen molar-refractivity contribution in [1.29, 1.82) is 0 Å². The van der Waals surface area contributed by atoms with Crippen LogP contribution in [0.3, 0.4) is 0 Å². The topological polar surface area (TPSA) is 59.2 Å². The second-order valence-electron chi connectivity index (χ2n) is 7.05. The van der Waals surface area contributed by atoms with Gasteiger partial charge < -0.3 is 9.42 Å². The van der Waals surface area contributed by atoms with Crippen LogP contribution in [0.4, 0.5) is 0 Å². The van der Waals surface area contributed by atoms with Gasteiger partial charge >= 0.3 is 0 Å². The van der Waals surface area contributed by atoms with E-state index in [0.717, 1.165) is 30.0 Å². The van der Waals surface area contributed by atoms with Gasteiger partial charge in [0.15, 0.2) is 0 Å². The lowest BCUT2D eigenvalue weighted by Crippen LogP contribution is -2.30. The molecule has 0 saturated carbocycles. The van der Waals surface area contributed by atoms with Crippen molar-refractivity contribution in [3.8, 4) is 10.6 Å². The summed E-state index contributed by atoms with van der Waals surface area (Å²) < 4.78 is 5.43. The molecule has 1 aliphatic rings. The Morgan fingerprint density at radius 2 is 2.07 bits per heavy atom. The summed E-state index contributed by atoms with van der Waals surface area (Å²) in [4.78, 5) is 21.2. The van der Waals surface area contributed by atoms with Gasteiger partial charge in [-0.3, -0.25) is 4.79 Å². The normalized spacial score (nSPS) is 16.8. The molecule has 0 bridgehead atoms. The first-order chi connectivity index (χ1) is 13.7. The number of amides is 1. The van der Waals surface area contributed by atoms with Crippen molar-refractivity contribution >= 4 is 28.3 Å². The fraction of sp³-hybridized carbons (Fsp3) is 0.227. The zero-order valence-electron chi connectivity index (χ0n) is 15.5. The van der Waals surface area contributed by atoms with Crippen molar-refractivity contribution in [1.82, 2.24) is 15.0 Å². The first-order valence-electron chi connectivity index (χ1n) is 9.39. The second-order valence-corrected chi connectivity index (χ2v) is 8.00. The maximum atomic E-state index is 13.6. The first kappa shape index (κ1) is 17.1. The highest BCUT2D eigenvalue weighted by molar-refractivity contribution is 7.13. The number of carbonyl (C=O) groups is 1. The summed E-state index contributed by atoms with van der Waals surface area (Å²) in [6.07, 6.45) is 1.98. The molecule has 6 heteroatoms. The van der Waals surface area contributed by atoms with E-state index in [-0.39, 0.29) is 11.9 Å². The Bertz CT molecular complexity index is 1140. The number of aryl methyl sites for hydroxylation is 1. The molecule has 1 saturated heterocycles. The summed E-state index contributed by atoms with van der Waals surface area (Å²) in [5, 5.41) is 6.77. The molecule has 0 radical (unpaired) electrons. The van der Waals surface area contributed by atoms with E-state index in [4.69, 9.17) is 4.52 Å². The van der Waals surface area contributed by atoms with Crippen LogP contribution in [0.1, 0.15) is 40.5 Å². The van der Waals surface area contributed by atoms with Crippen LogP contribution in [0.2, 0.25) is 0 Å².